The number of hydrogen-bond donors (Lipinski definition) is 1. The normalized spacial score (nSPS) is 16.4. The molecule has 1 aromatic carbocycles. The molecule has 0 bridgehead atoms. The van der Waals surface area contributed by atoms with Crippen LogP contribution < -0.4 is 5.32 Å². The second-order valence-electron chi connectivity index (χ2n) is 4.73. The molecule has 0 saturated carbocycles. The zero-order chi connectivity index (χ0) is 13.7. The molecule has 0 atom stereocenters. The van der Waals surface area contributed by atoms with Crippen LogP contribution in [0.15, 0.2) is 24.3 Å². The van der Waals surface area contributed by atoms with Crippen LogP contribution in [0.1, 0.15) is 12.5 Å². The first kappa shape index (κ1) is 14.6. The Kier molecular flexibility index (Phi) is 5.43. The SMILES string of the molecule is CCNC(=S)N1CCN(Cc2ccc(Cl)cc2)CC1. The molecule has 0 amide bonds. The van der Waals surface area contributed by atoms with Gasteiger partial charge >= 0.3 is 0 Å². The fourth-order valence-corrected chi connectivity index (χ4v) is 2.67. The number of nitrogens with zero attached hydrogens (tertiary/aromatic N) is 2. The molecular weight excluding hydrogens is 278 g/mol. The van der Waals surface area contributed by atoms with E-state index in [1.54, 1.807) is 0 Å². The van der Waals surface area contributed by atoms with Crippen LogP contribution in [-0.2, 0) is 6.54 Å². The van der Waals surface area contributed by atoms with Crippen molar-refractivity contribution in [1.82, 2.24) is 15.1 Å². The zero-order valence-corrected chi connectivity index (χ0v) is 12.8. The highest BCUT2D eigenvalue weighted by Gasteiger charge is 2.18. The summed E-state index contributed by atoms with van der Waals surface area (Å²) in [6.07, 6.45) is 0. The molecule has 104 valence electrons. The average molecular weight is 298 g/mol. The molecule has 1 heterocycles. The Balaban J connectivity index is 1.80. The highest BCUT2D eigenvalue weighted by atomic mass is 35.5. The van der Waals surface area contributed by atoms with E-state index in [1.807, 2.05) is 12.1 Å². The van der Waals surface area contributed by atoms with Crippen molar-refractivity contribution in [2.24, 2.45) is 0 Å². The molecule has 0 spiro atoms. The third kappa shape index (κ3) is 4.34. The van der Waals surface area contributed by atoms with Crippen LogP contribution in [0.25, 0.3) is 0 Å². The number of benzene rings is 1. The van der Waals surface area contributed by atoms with Crippen LogP contribution in [0.3, 0.4) is 0 Å². The summed E-state index contributed by atoms with van der Waals surface area (Å²) in [7, 11) is 0. The standard InChI is InChI=1S/C14H20ClN3S/c1-2-16-14(19)18-9-7-17(8-10-18)11-12-3-5-13(15)6-4-12/h3-6H,2,7-11H2,1H3,(H,16,19). The number of halogens is 1. The minimum Gasteiger partial charge on any atom is -0.363 e. The molecule has 1 aromatic rings. The Bertz CT molecular complexity index is 413. The lowest BCUT2D eigenvalue weighted by molar-refractivity contribution is 0.174. The van der Waals surface area contributed by atoms with Crippen LogP contribution in [-0.4, -0.2) is 47.6 Å². The zero-order valence-electron chi connectivity index (χ0n) is 11.2. The molecule has 0 radical (unpaired) electrons. The second-order valence-corrected chi connectivity index (χ2v) is 5.55. The van der Waals surface area contributed by atoms with Crippen molar-refractivity contribution in [2.45, 2.75) is 13.5 Å². The molecule has 5 heteroatoms. The molecule has 1 N–H and O–H groups in total. The van der Waals surface area contributed by atoms with E-state index in [0.29, 0.717) is 0 Å². The highest BCUT2D eigenvalue weighted by Crippen LogP contribution is 2.12. The Morgan fingerprint density at radius 2 is 1.84 bits per heavy atom. The first-order valence-electron chi connectivity index (χ1n) is 6.68. The predicted octanol–water partition coefficient (Wildman–Crippen LogP) is 2.35. The first-order valence-corrected chi connectivity index (χ1v) is 7.47. The van der Waals surface area contributed by atoms with Crippen LogP contribution in [0.4, 0.5) is 0 Å². The van der Waals surface area contributed by atoms with Gasteiger partial charge < -0.3 is 10.2 Å². The van der Waals surface area contributed by atoms with E-state index in [9.17, 15) is 0 Å². The average Bonchev–Trinajstić information content (AvgIpc) is 2.42. The van der Waals surface area contributed by atoms with Gasteiger partial charge in [-0.05, 0) is 36.8 Å². The maximum atomic E-state index is 5.90. The Morgan fingerprint density at radius 1 is 1.21 bits per heavy atom. The van der Waals surface area contributed by atoms with E-state index in [2.05, 4.69) is 34.2 Å². The van der Waals surface area contributed by atoms with Gasteiger partial charge in [-0.1, -0.05) is 23.7 Å². The van der Waals surface area contributed by atoms with Gasteiger partial charge in [0.2, 0.25) is 0 Å². The summed E-state index contributed by atoms with van der Waals surface area (Å²) in [5, 5.41) is 4.89. The van der Waals surface area contributed by atoms with Crippen LogP contribution in [0.2, 0.25) is 5.02 Å². The summed E-state index contributed by atoms with van der Waals surface area (Å²) >= 11 is 11.2. The molecule has 1 saturated heterocycles. The smallest absolute Gasteiger partial charge is 0.169 e. The van der Waals surface area contributed by atoms with Crippen molar-refractivity contribution >= 4 is 28.9 Å². The van der Waals surface area contributed by atoms with Crippen molar-refractivity contribution in [1.29, 1.82) is 0 Å². The highest BCUT2D eigenvalue weighted by molar-refractivity contribution is 7.80. The van der Waals surface area contributed by atoms with Crippen molar-refractivity contribution < 1.29 is 0 Å². The Hall–Kier alpha value is -0.840. The number of thiocarbonyl (C=S) groups is 1. The van der Waals surface area contributed by atoms with Gasteiger partial charge in [-0.2, -0.15) is 0 Å². The van der Waals surface area contributed by atoms with E-state index in [1.165, 1.54) is 5.56 Å². The summed E-state index contributed by atoms with van der Waals surface area (Å²) < 4.78 is 0. The minimum absolute atomic E-state index is 0.796. The largest absolute Gasteiger partial charge is 0.363 e. The first-order chi connectivity index (χ1) is 9.19. The molecule has 1 aliphatic rings. The molecule has 2 rings (SSSR count). The van der Waals surface area contributed by atoms with E-state index in [4.69, 9.17) is 23.8 Å². The molecule has 0 aliphatic carbocycles. The lowest BCUT2D eigenvalue weighted by atomic mass is 10.2. The number of nitrogens with one attached hydrogen (secondary N) is 1. The summed E-state index contributed by atoms with van der Waals surface area (Å²) in [5.41, 5.74) is 1.31. The van der Waals surface area contributed by atoms with Gasteiger partial charge in [-0.3, -0.25) is 4.90 Å². The summed E-state index contributed by atoms with van der Waals surface area (Å²) in [5.74, 6) is 0. The van der Waals surface area contributed by atoms with Crippen LogP contribution in [0, 0.1) is 0 Å². The molecule has 0 aromatic heterocycles. The van der Waals surface area contributed by atoms with Crippen molar-refractivity contribution in [3.63, 3.8) is 0 Å². The topological polar surface area (TPSA) is 18.5 Å². The summed E-state index contributed by atoms with van der Waals surface area (Å²) in [6, 6.07) is 8.09. The third-order valence-electron chi connectivity index (χ3n) is 3.31. The molecule has 3 nitrogen and oxygen atoms in total. The predicted molar refractivity (Wildman–Crippen MR) is 84.6 cm³/mol. The Labute approximate surface area is 125 Å². The monoisotopic (exact) mass is 297 g/mol. The summed E-state index contributed by atoms with van der Waals surface area (Å²) in [4.78, 5) is 4.70. The van der Waals surface area contributed by atoms with Crippen molar-refractivity contribution in [2.75, 3.05) is 32.7 Å². The fourth-order valence-electron chi connectivity index (χ4n) is 2.22. The third-order valence-corrected chi connectivity index (χ3v) is 3.96. The van der Waals surface area contributed by atoms with Crippen LogP contribution >= 0.6 is 23.8 Å². The van der Waals surface area contributed by atoms with Gasteiger partial charge in [0.15, 0.2) is 5.11 Å². The Morgan fingerprint density at radius 3 is 2.42 bits per heavy atom. The number of rotatable bonds is 3. The summed E-state index contributed by atoms with van der Waals surface area (Å²) in [6.45, 7) is 8.05. The maximum absolute atomic E-state index is 5.90. The van der Waals surface area contributed by atoms with Crippen molar-refractivity contribution in [3.8, 4) is 0 Å². The lowest BCUT2D eigenvalue weighted by Crippen LogP contribution is -2.51. The lowest BCUT2D eigenvalue weighted by Gasteiger charge is -2.36. The van der Waals surface area contributed by atoms with E-state index in [0.717, 1.165) is 49.4 Å². The molecule has 1 aliphatic heterocycles. The van der Waals surface area contributed by atoms with Gasteiger partial charge in [0.1, 0.15) is 0 Å². The van der Waals surface area contributed by atoms with Gasteiger partial charge in [-0.15, -0.1) is 0 Å². The molecule has 1 fully saturated rings. The van der Waals surface area contributed by atoms with Crippen LogP contribution in [0.5, 0.6) is 0 Å². The maximum Gasteiger partial charge on any atom is 0.169 e. The molecule has 19 heavy (non-hydrogen) atoms. The van der Waals surface area contributed by atoms with Gasteiger partial charge in [0, 0.05) is 44.3 Å². The molecular formula is C14H20ClN3S. The van der Waals surface area contributed by atoms with Gasteiger partial charge in [0.25, 0.3) is 0 Å². The van der Waals surface area contributed by atoms with E-state index in [-0.39, 0.29) is 0 Å². The minimum atomic E-state index is 0.796. The number of hydrogen-bond acceptors (Lipinski definition) is 2. The van der Waals surface area contributed by atoms with E-state index < -0.39 is 0 Å². The van der Waals surface area contributed by atoms with Crippen molar-refractivity contribution in [3.05, 3.63) is 34.9 Å². The quantitative estimate of drug-likeness (QED) is 0.863. The van der Waals surface area contributed by atoms with E-state index >= 15 is 0 Å². The van der Waals surface area contributed by atoms with Gasteiger partial charge in [-0.25, -0.2) is 0 Å². The number of piperazine rings is 1. The second kappa shape index (κ2) is 7.08. The molecule has 0 unspecified atom stereocenters. The fraction of sp³-hybridized carbons (Fsp3) is 0.500. The van der Waals surface area contributed by atoms with Gasteiger partial charge in [0.05, 0.1) is 0 Å².